The summed E-state index contributed by atoms with van der Waals surface area (Å²) in [6, 6.07) is 14.8. The molecular weight excluding hydrogens is 306 g/mol. The van der Waals surface area contributed by atoms with Crippen LogP contribution in [0.25, 0.3) is 5.69 Å². The molecule has 1 amide bonds. The molecule has 0 aliphatic carbocycles. The highest BCUT2D eigenvalue weighted by atomic mass is 16.5. The van der Waals surface area contributed by atoms with Gasteiger partial charge in [-0.2, -0.15) is 0 Å². The van der Waals surface area contributed by atoms with E-state index in [2.05, 4.69) is 20.8 Å². The third kappa shape index (κ3) is 3.75. The van der Waals surface area contributed by atoms with Crippen molar-refractivity contribution < 1.29 is 9.53 Å². The Morgan fingerprint density at radius 3 is 2.79 bits per heavy atom. The quantitative estimate of drug-likeness (QED) is 0.779. The lowest BCUT2D eigenvalue weighted by molar-refractivity contribution is -0.122. The van der Waals surface area contributed by atoms with Gasteiger partial charge in [0.25, 0.3) is 5.91 Å². The van der Waals surface area contributed by atoms with Gasteiger partial charge in [-0.3, -0.25) is 4.79 Å². The Bertz CT molecular complexity index is 833. The highest BCUT2D eigenvalue weighted by Crippen LogP contribution is 2.18. The van der Waals surface area contributed by atoms with Crippen LogP contribution < -0.4 is 10.1 Å². The Morgan fingerprint density at radius 1 is 1.21 bits per heavy atom. The summed E-state index contributed by atoms with van der Waals surface area (Å²) in [5.74, 6) is 0.350. The molecule has 1 heterocycles. The molecule has 24 heavy (non-hydrogen) atoms. The van der Waals surface area contributed by atoms with E-state index in [4.69, 9.17) is 4.74 Å². The molecule has 0 fully saturated rings. The number of rotatable bonds is 5. The number of hydrogen-bond acceptors (Lipinski definition) is 5. The summed E-state index contributed by atoms with van der Waals surface area (Å²) < 4.78 is 7.24. The summed E-state index contributed by atoms with van der Waals surface area (Å²) in [4.78, 5) is 12.3. The molecule has 0 aliphatic rings. The van der Waals surface area contributed by atoms with Crippen molar-refractivity contribution in [3.05, 3.63) is 60.4 Å². The van der Waals surface area contributed by atoms with Crippen LogP contribution in [-0.4, -0.2) is 32.2 Å². The number of amides is 1. The Balaban J connectivity index is 1.67. The van der Waals surface area contributed by atoms with Crippen LogP contribution in [0.2, 0.25) is 0 Å². The number of benzene rings is 2. The summed E-state index contributed by atoms with van der Waals surface area (Å²) in [5, 5.41) is 13.9. The van der Waals surface area contributed by atoms with E-state index < -0.39 is 6.10 Å². The SMILES string of the molecule is Cc1cccc(NC(=O)[C@@H](C)Oc2cccc(-n3cnnn3)c2)c1. The second-order valence-corrected chi connectivity index (χ2v) is 5.37. The first kappa shape index (κ1) is 15.7. The molecule has 3 aromatic rings. The molecule has 7 nitrogen and oxygen atoms in total. The smallest absolute Gasteiger partial charge is 0.265 e. The van der Waals surface area contributed by atoms with Gasteiger partial charge in [0, 0.05) is 11.8 Å². The number of hydrogen-bond donors (Lipinski definition) is 1. The molecule has 0 unspecified atom stereocenters. The van der Waals surface area contributed by atoms with Crippen molar-refractivity contribution in [2.75, 3.05) is 5.32 Å². The van der Waals surface area contributed by atoms with E-state index in [-0.39, 0.29) is 5.91 Å². The van der Waals surface area contributed by atoms with Crippen LogP contribution in [0.15, 0.2) is 54.9 Å². The zero-order chi connectivity index (χ0) is 16.9. The van der Waals surface area contributed by atoms with Crippen LogP contribution in [0.5, 0.6) is 5.75 Å². The van der Waals surface area contributed by atoms with Gasteiger partial charge < -0.3 is 10.1 Å². The lowest BCUT2D eigenvalue weighted by atomic mass is 10.2. The Labute approximate surface area is 139 Å². The average molecular weight is 323 g/mol. The molecule has 2 aromatic carbocycles. The summed E-state index contributed by atoms with van der Waals surface area (Å²) in [6.07, 6.45) is 0.849. The van der Waals surface area contributed by atoms with Crippen LogP contribution in [0.3, 0.4) is 0 Å². The Morgan fingerprint density at radius 2 is 2.04 bits per heavy atom. The fraction of sp³-hybridized carbons (Fsp3) is 0.176. The van der Waals surface area contributed by atoms with E-state index in [1.807, 2.05) is 43.3 Å². The summed E-state index contributed by atoms with van der Waals surface area (Å²) in [6.45, 7) is 3.68. The maximum absolute atomic E-state index is 12.3. The third-order valence-electron chi connectivity index (χ3n) is 3.40. The molecule has 0 bridgehead atoms. The van der Waals surface area contributed by atoms with Crippen molar-refractivity contribution in [1.29, 1.82) is 0 Å². The molecule has 7 heteroatoms. The average Bonchev–Trinajstić information content (AvgIpc) is 3.09. The van der Waals surface area contributed by atoms with Crippen LogP contribution in [-0.2, 0) is 4.79 Å². The second-order valence-electron chi connectivity index (χ2n) is 5.37. The van der Waals surface area contributed by atoms with Crippen LogP contribution in [0, 0.1) is 6.92 Å². The summed E-state index contributed by atoms with van der Waals surface area (Å²) >= 11 is 0. The van der Waals surface area contributed by atoms with Gasteiger partial charge in [0.1, 0.15) is 12.1 Å². The predicted octanol–water partition coefficient (Wildman–Crippen LogP) is 2.38. The molecule has 122 valence electrons. The maximum atomic E-state index is 12.3. The highest BCUT2D eigenvalue weighted by Gasteiger charge is 2.15. The lowest BCUT2D eigenvalue weighted by Gasteiger charge is -2.15. The van der Waals surface area contributed by atoms with E-state index in [1.165, 1.54) is 11.0 Å². The van der Waals surface area contributed by atoms with Gasteiger partial charge in [-0.1, -0.05) is 18.2 Å². The van der Waals surface area contributed by atoms with Gasteiger partial charge in [0.15, 0.2) is 6.10 Å². The highest BCUT2D eigenvalue weighted by molar-refractivity contribution is 5.94. The molecule has 1 N–H and O–H groups in total. The zero-order valence-corrected chi connectivity index (χ0v) is 13.4. The molecule has 0 saturated heterocycles. The van der Waals surface area contributed by atoms with Crippen molar-refractivity contribution in [1.82, 2.24) is 20.2 Å². The third-order valence-corrected chi connectivity index (χ3v) is 3.40. The number of nitrogens with zero attached hydrogens (tertiary/aromatic N) is 4. The number of ether oxygens (including phenoxy) is 1. The summed E-state index contributed by atoms with van der Waals surface area (Å²) in [5.41, 5.74) is 2.58. The van der Waals surface area contributed by atoms with E-state index in [1.54, 1.807) is 19.1 Å². The zero-order valence-electron chi connectivity index (χ0n) is 13.4. The first-order valence-electron chi connectivity index (χ1n) is 7.49. The van der Waals surface area contributed by atoms with Crippen molar-refractivity contribution in [2.45, 2.75) is 20.0 Å². The van der Waals surface area contributed by atoms with Gasteiger partial charge in [-0.05, 0) is 54.1 Å². The van der Waals surface area contributed by atoms with Crippen molar-refractivity contribution in [3.63, 3.8) is 0 Å². The van der Waals surface area contributed by atoms with Crippen LogP contribution in [0.1, 0.15) is 12.5 Å². The number of carbonyl (C=O) groups is 1. The minimum absolute atomic E-state index is 0.214. The van der Waals surface area contributed by atoms with Gasteiger partial charge >= 0.3 is 0 Å². The second kappa shape index (κ2) is 6.91. The van der Waals surface area contributed by atoms with Crippen molar-refractivity contribution in [3.8, 4) is 11.4 Å². The monoisotopic (exact) mass is 323 g/mol. The fourth-order valence-electron chi connectivity index (χ4n) is 2.20. The molecule has 0 aliphatic heterocycles. The number of aromatic nitrogens is 4. The lowest BCUT2D eigenvalue weighted by Crippen LogP contribution is -2.30. The number of carbonyl (C=O) groups excluding carboxylic acids is 1. The normalized spacial score (nSPS) is 11.8. The summed E-state index contributed by atoms with van der Waals surface area (Å²) in [7, 11) is 0. The maximum Gasteiger partial charge on any atom is 0.265 e. The fourth-order valence-corrected chi connectivity index (χ4v) is 2.20. The van der Waals surface area contributed by atoms with E-state index in [0.29, 0.717) is 5.75 Å². The molecule has 1 atom stereocenters. The van der Waals surface area contributed by atoms with Crippen LogP contribution >= 0.6 is 0 Å². The predicted molar refractivity (Wildman–Crippen MR) is 89.1 cm³/mol. The molecular formula is C17H17N5O2. The van der Waals surface area contributed by atoms with E-state index >= 15 is 0 Å². The molecule has 0 saturated carbocycles. The molecule has 3 rings (SSSR count). The van der Waals surface area contributed by atoms with Gasteiger partial charge in [-0.25, -0.2) is 4.68 Å². The van der Waals surface area contributed by atoms with E-state index in [0.717, 1.165) is 16.9 Å². The minimum atomic E-state index is -0.644. The number of nitrogens with one attached hydrogen (secondary N) is 1. The minimum Gasteiger partial charge on any atom is -0.481 e. The first-order valence-corrected chi connectivity index (χ1v) is 7.49. The molecule has 0 radical (unpaired) electrons. The standard InChI is InChI=1S/C17H17N5O2/c1-12-5-3-6-14(9-12)19-17(23)13(2)24-16-8-4-7-15(10-16)22-11-18-20-21-22/h3-11,13H,1-2H3,(H,19,23)/t13-/m1/s1. The van der Waals surface area contributed by atoms with Gasteiger partial charge in [0.2, 0.25) is 0 Å². The van der Waals surface area contributed by atoms with Crippen LogP contribution in [0.4, 0.5) is 5.69 Å². The van der Waals surface area contributed by atoms with E-state index in [9.17, 15) is 4.79 Å². The van der Waals surface area contributed by atoms with Gasteiger partial charge in [-0.15, -0.1) is 5.10 Å². The topological polar surface area (TPSA) is 81.9 Å². The van der Waals surface area contributed by atoms with Crippen molar-refractivity contribution >= 4 is 11.6 Å². The molecule has 0 spiro atoms. The Kier molecular flexibility index (Phi) is 4.51. The first-order chi connectivity index (χ1) is 11.6. The number of aryl methyl sites for hydroxylation is 1. The number of tetrazole rings is 1. The number of anilines is 1. The molecule has 1 aromatic heterocycles. The Hall–Kier alpha value is -3.22. The largest absolute Gasteiger partial charge is 0.481 e. The van der Waals surface area contributed by atoms with Crippen molar-refractivity contribution in [2.24, 2.45) is 0 Å². The van der Waals surface area contributed by atoms with Gasteiger partial charge in [0.05, 0.1) is 5.69 Å².